The molecule has 0 fully saturated rings. The lowest BCUT2D eigenvalue weighted by atomic mass is 10.2. The Morgan fingerprint density at radius 2 is 1.60 bits per heavy atom. The molecule has 0 radical (unpaired) electrons. The summed E-state index contributed by atoms with van der Waals surface area (Å²) >= 11 is 0. The average Bonchev–Trinajstić information content (AvgIpc) is 2.44. The van der Waals surface area contributed by atoms with Gasteiger partial charge in [-0.25, -0.2) is 22.4 Å². The maximum Gasteiger partial charge on any atom is 0.344 e. The van der Waals surface area contributed by atoms with Crippen LogP contribution in [0.4, 0.5) is 17.6 Å². The zero-order valence-electron chi connectivity index (χ0n) is 10.00. The Balaban J connectivity index is 2.20. The zero-order valence-corrected chi connectivity index (χ0v) is 10.00. The van der Waals surface area contributed by atoms with Crippen LogP contribution in [0.25, 0.3) is 0 Å². The van der Waals surface area contributed by atoms with Crippen molar-refractivity contribution in [2.24, 2.45) is 0 Å². The molecule has 6 heteroatoms. The highest BCUT2D eigenvalue weighted by Crippen LogP contribution is 2.20. The normalized spacial score (nSPS) is 10.4. The first-order chi connectivity index (χ1) is 9.50. The number of hydrogen-bond donors (Lipinski definition) is 0. The third kappa shape index (κ3) is 2.79. The van der Waals surface area contributed by atoms with Crippen molar-refractivity contribution < 1.29 is 27.1 Å². The average molecular weight is 284 g/mol. The van der Waals surface area contributed by atoms with Crippen LogP contribution in [0.5, 0.6) is 0 Å². The van der Waals surface area contributed by atoms with Gasteiger partial charge >= 0.3 is 5.97 Å². The lowest BCUT2D eigenvalue weighted by Crippen LogP contribution is -2.12. The molecule has 20 heavy (non-hydrogen) atoms. The summed E-state index contributed by atoms with van der Waals surface area (Å²) < 4.78 is 57.0. The number of carbonyl (C=O) groups excluding carboxylic acids is 1. The Morgan fingerprint density at radius 3 is 2.25 bits per heavy atom. The van der Waals surface area contributed by atoms with Gasteiger partial charge in [-0.2, -0.15) is 0 Å². The van der Waals surface area contributed by atoms with Crippen LogP contribution in [-0.4, -0.2) is 5.97 Å². The Hall–Kier alpha value is -2.37. The lowest BCUT2D eigenvalue weighted by Gasteiger charge is -2.07. The molecule has 0 spiro atoms. The molecule has 0 N–H and O–H groups in total. The number of esters is 1. The van der Waals surface area contributed by atoms with E-state index in [4.69, 9.17) is 0 Å². The first kappa shape index (κ1) is 14.0. The van der Waals surface area contributed by atoms with Crippen LogP contribution in [0.3, 0.4) is 0 Å². The van der Waals surface area contributed by atoms with E-state index in [9.17, 15) is 22.4 Å². The highest BCUT2D eigenvalue weighted by atomic mass is 19.2. The number of carbonyl (C=O) groups is 1. The Morgan fingerprint density at radius 1 is 0.950 bits per heavy atom. The predicted molar refractivity (Wildman–Crippen MR) is 61.8 cm³/mol. The molecule has 0 aliphatic rings. The largest absolute Gasteiger partial charge is 0.457 e. The summed E-state index contributed by atoms with van der Waals surface area (Å²) in [5.74, 6) is -8.44. The molecule has 0 unspecified atom stereocenters. The molecule has 0 aliphatic heterocycles. The lowest BCUT2D eigenvalue weighted by molar-refractivity contribution is 0.0459. The fourth-order valence-corrected chi connectivity index (χ4v) is 1.55. The summed E-state index contributed by atoms with van der Waals surface area (Å²) in [7, 11) is 0. The van der Waals surface area contributed by atoms with Gasteiger partial charge in [-0.05, 0) is 5.56 Å². The molecule has 0 heterocycles. The topological polar surface area (TPSA) is 26.3 Å². The van der Waals surface area contributed by atoms with Crippen LogP contribution >= 0.6 is 0 Å². The molecular formula is C14H8F4O2. The van der Waals surface area contributed by atoms with E-state index in [1.807, 2.05) is 0 Å². The highest BCUT2D eigenvalue weighted by Gasteiger charge is 2.25. The molecule has 0 atom stereocenters. The number of rotatable bonds is 3. The van der Waals surface area contributed by atoms with Gasteiger partial charge in [0, 0.05) is 6.07 Å². The minimum Gasteiger partial charge on any atom is -0.457 e. The second kappa shape index (κ2) is 5.73. The SMILES string of the molecule is O=C(OCc1ccccc1)c1c(F)cc(F)c(F)c1F. The third-order valence-electron chi connectivity index (χ3n) is 2.53. The molecule has 2 aromatic carbocycles. The maximum absolute atomic E-state index is 13.3. The second-order valence-electron chi connectivity index (χ2n) is 3.90. The molecule has 0 aliphatic carbocycles. The van der Waals surface area contributed by atoms with E-state index in [2.05, 4.69) is 4.74 Å². The zero-order chi connectivity index (χ0) is 14.7. The van der Waals surface area contributed by atoms with Crippen LogP contribution in [0.2, 0.25) is 0 Å². The summed E-state index contributed by atoms with van der Waals surface area (Å²) in [5.41, 5.74) is -0.663. The molecule has 2 rings (SSSR count). The molecule has 0 bridgehead atoms. The van der Waals surface area contributed by atoms with E-state index < -0.39 is 34.8 Å². The van der Waals surface area contributed by atoms with E-state index in [1.54, 1.807) is 30.3 Å². The van der Waals surface area contributed by atoms with Gasteiger partial charge < -0.3 is 4.74 Å². The number of ether oxygens (including phenoxy) is 1. The van der Waals surface area contributed by atoms with Crippen molar-refractivity contribution in [2.45, 2.75) is 6.61 Å². The van der Waals surface area contributed by atoms with Gasteiger partial charge in [-0.15, -0.1) is 0 Å². The fourth-order valence-electron chi connectivity index (χ4n) is 1.55. The summed E-state index contributed by atoms with van der Waals surface area (Å²) in [6.45, 7) is -0.239. The molecule has 104 valence electrons. The summed E-state index contributed by atoms with van der Waals surface area (Å²) in [4.78, 5) is 11.5. The van der Waals surface area contributed by atoms with Gasteiger partial charge in [0.2, 0.25) is 0 Å². The number of halogens is 4. The Bertz CT molecular complexity index is 641. The minimum absolute atomic E-state index is 0.0948. The van der Waals surface area contributed by atoms with E-state index >= 15 is 0 Å². The first-order valence-electron chi connectivity index (χ1n) is 5.54. The summed E-state index contributed by atoms with van der Waals surface area (Å²) in [6.07, 6.45) is 0. The van der Waals surface area contributed by atoms with Crippen molar-refractivity contribution in [2.75, 3.05) is 0 Å². The molecule has 2 aromatic rings. The predicted octanol–water partition coefficient (Wildman–Crippen LogP) is 3.60. The van der Waals surface area contributed by atoms with Crippen LogP contribution in [0.1, 0.15) is 15.9 Å². The highest BCUT2D eigenvalue weighted by molar-refractivity contribution is 5.90. The Kier molecular flexibility index (Phi) is 4.02. The molecule has 2 nitrogen and oxygen atoms in total. The quantitative estimate of drug-likeness (QED) is 0.372. The van der Waals surface area contributed by atoms with Crippen LogP contribution in [-0.2, 0) is 11.3 Å². The van der Waals surface area contributed by atoms with Crippen molar-refractivity contribution in [1.82, 2.24) is 0 Å². The van der Waals surface area contributed by atoms with Crippen LogP contribution < -0.4 is 0 Å². The molecular weight excluding hydrogens is 276 g/mol. The molecule has 0 saturated carbocycles. The van der Waals surface area contributed by atoms with E-state index in [0.717, 1.165) is 0 Å². The van der Waals surface area contributed by atoms with Crippen molar-refractivity contribution in [3.63, 3.8) is 0 Å². The van der Waals surface area contributed by atoms with Crippen LogP contribution in [0.15, 0.2) is 36.4 Å². The molecule has 0 aromatic heterocycles. The minimum atomic E-state index is -1.92. The van der Waals surface area contributed by atoms with E-state index in [0.29, 0.717) is 5.56 Å². The van der Waals surface area contributed by atoms with Gasteiger partial charge in [-0.3, -0.25) is 0 Å². The van der Waals surface area contributed by atoms with E-state index in [-0.39, 0.29) is 12.7 Å². The standard InChI is InChI=1S/C14H8F4O2/c15-9-6-10(16)12(17)13(18)11(9)14(19)20-7-8-4-2-1-3-5-8/h1-6H,7H2. The summed E-state index contributed by atoms with van der Waals surface area (Å²) in [5, 5.41) is 0. The van der Waals surface area contributed by atoms with Crippen molar-refractivity contribution >= 4 is 5.97 Å². The molecule has 0 amide bonds. The fraction of sp³-hybridized carbons (Fsp3) is 0.0714. The van der Waals surface area contributed by atoms with Gasteiger partial charge in [-0.1, -0.05) is 30.3 Å². The number of hydrogen-bond acceptors (Lipinski definition) is 2. The van der Waals surface area contributed by atoms with Gasteiger partial charge in [0.25, 0.3) is 0 Å². The van der Waals surface area contributed by atoms with Gasteiger partial charge in [0.05, 0.1) is 0 Å². The smallest absolute Gasteiger partial charge is 0.344 e. The van der Waals surface area contributed by atoms with Gasteiger partial charge in [0.1, 0.15) is 18.0 Å². The van der Waals surface area contributed by atoms with E-state index in [1.165, 1.54) is 0 Å². The number of benzene rings is 2. The monoisotopic (exact) mass is 284 g/mol. The maximum atomic E-state index is 13.3. The van der Waals surface area contributed by atoms with Crippen molar-refractivity contribution in [1.29, 1.82) is 0 Å². The van der Waals surface area contributed by atoms with Gasteiger partial charge in [0.15, 0.2) is 17.5 Å². The van der Waals surface area contributed by atoms with Crippen molar-refractivity contribution in [3.8, 4) is 0 Å². The molecule has 0 saturated heterocycles. The Labute approximate surface area is 111 Å². The van der Waals surface area contributed by atoms with Crippen molar-refractivity contribution in [3.05, 3.63) is 70.8 Å². The van der Waals surface area contributed by atoms with Crippen LogP contribution in [0, 0.1) is 23.3 Å². The summed E-state index contributed by atoms with van der Waals surface area (Å²) in [6, 6.07) is 8.46. The second-order valence-corrected chi connectivity index (χ2v) is 3.90. The third-order valence-corrected chi connectivity index (χ3v) is 2.53. The first-order valence-corrected chi connectivity index (χ1v) is 5.54.